The van der Waals surface area contributed by atoms with Gasteiger partial charge in [-0.3, -0.25) is 9.69 Å². The molecule has 1 aromatic heterocycles. The van der Waals surface area contributed by atoms with Crippen molar-refractivity contribution >= 4 is 5.91 Å². The predicted octanol–water partition coefficient (Wildman–Crippen LogP) is 0.421. The van der Waals surface area contributed by atoms with Gasteiger partial charge in [0.05, 0.1) is 6.54 Å². The largest absolute Gasteiger partial charge is 0.332 e. The third kappa shape index (κ3) is 4.61. The van der Waals surface area contributed by atoms with Crippen LogP contribution in [0.25, 0.3) is 0 Å². The van der Waals surface area contributed by atoms with Crippen LogP contribution >= 0.6 is 0 Å². The molecular weight excluding hydrogens is 332 g/mol. The van der Waals surface area contributed by atoms with Gasteiger partial charge in [-0.05, 0) is 45.2 Å². The van der Waals surface area contributed by atoms with Crippen molar-refractivity contribution in [2.24, 2.45) is 5.92 Å². The lowest BCUT2D eigenvalue weighted by Crippen LogP contribution is -2.51. The number of carbonyl (C=O) groups is 1. The number of aromatic nitrogens is 2. The Labute approximate surface area is 154 Å². The van der Waals surface area contributed by atoms with Gasteiger partial charge in [0.25, 0.3) is 0 Å². The molecule has 0 aromatic carbocycles. The Morgan fingerprint density at radius 2 is 2.00 bits per heavy atom. The summed E-state index contributed by atoms with van der Waals surface area (Å²) in [6, 6.07) is 0.588. The normalized spacial score (nSPS) is 25.6. The third-order valence-corrected chi connectivity index (χ3v) is 5.68. The van der Waals surface area contributed by atoms with E-state index in [1.165, 1.54) is 38.8 Å². The van der Waals surface area contributed by atoms with Crippen molar-refractivity contribution in [1.29, 1.82) is 0 Å². The first-order chi connectivity index (χ1) is 12.7. The molecule has 3 aliphatic rings. The van der Waals surface area contributed by atoms with Gasteiger partial charge in [-0.15, -0.1) is 0 Å². The third-order valence-electron chi connectivity index (χ3n) is 5.68. The molecule has 1 amide bonds. The maximum absolute atomic E-state index is 12.6. The summed E-state index contributed by atoms with van der Waals surface area (Å²) in [4.78, 5) is 23.6. The molecule has 3 heterocycles. The van der Waals surface area contributed by atoms with Crippen LogP contribution in [0.1, 0.15) is 42.2 Å². The van der Waals surface area contributed by atoms with E-state index in [4.69, 9.17) is 4.52 Å². The van der Waals surface area contributed by atoms with Gasteiger partial charge in [0.15, 0.2) is 5.82 Å². The molecule has 1 saturated carbocycles. The van der Waals surface area contributed by atoms with Crippen molar-refractivity contribution in [2.75, 3.05) is 52.9 Å². The zero-order valence-electron chi connectivity index (χ0n) is 15.7. The smallest absolute Gasteiger partial charge is 0.316 e. The van der Waals surface area contributed by atoms with E-state index < -0.39 is 0 Å². The van der Waals surface area contributed by atoms with Crippen molar-refractivity contribution in [2.45, 2.75) is 38.3 Å². The van der Waals surface area contributed by atoms with Crippen LogP contribution in [0.5, 0.6) is 0 Å². The molecular formula is C18H30N6O2. The summed E-state index contributed by atoms with van der Waals surface area (Å²) in [5.41, 5.74) is 0. The highest BCUT2D eigenvalue weighted by molar-refractivity contribution is 5.89. The minimum atomic E-state index is -0.132. The van der Waals surface area contributed by atoms with Crippen LogP contribution in [0, 0.1) is 5.92 Å². The summed E-state index contributed by atoms with van der Waals surface area (Å²) in [6.45, 7) is 7.46. The SMILES string of the molecule is CN1CCCC(CN2CCN(C(=O)c3nc(CNC4CC4)no3)CC2)C1. The molecule has 0 bridgehead atoms. The first-order valence-electron chi connectivity index (χ1n) is 9.93. The topological polar surface area (TPSA) is 77.7 Å². The van der Waals surface area contributed by atoms with E-state index >= 15 is 0 Å². The van der Waals surface area contributed by atoms with Gasteiger partial charge in [0.2, 0.25) is 0 Å². The van der Waals surface area contributed by atoms with Crippen molar-refractivity contribution in [3.63, 3.8) is 0 Å². The summed E-state index contributed by atoms with van der Waals surface area (Å²) < 4.78 is 5.18. The summed E-state index contributed by atoms with van der Waals surface area (Å²) >= 11 is 0. The Bertz CT molecular complexity index is 609. The Kier molecular flexibility index (Phi) is 5.52. The van der Waals surface area contributed by atoms with Crippen LogP contribution in [-0.4, -0.2) is 89.7 Å². The molecule has 144 valence electrons. The van der Waals surface area contributed by atoms with Crippen LogP contribution < -0.4 is 5.32 Å². The summed E-state index contributed by atoms with van der Waals surface area (Å²) in [7, 11) is 2.21. The molecule has 26 heavy (non-hydrogen) atoms. The Morgan fingerprint density at radius 3 is 2.73 bits per heavy atom. The number of carbonyl (C=O) groups excluding carboxylic acids is 1. The fourth-order valence-electron chi connectivity index (χ4n) is 3.99. The highest BCUT2D eigenvalue weighted by atomic mass is 16.5. The van der Waals surface area contributed by atoms with E-state index in [0.29, 0.717) is 18.4 Å². The minimum Gasteiger partial charge on any atom is -0.332 e. The lowest BCUT2D eigenvalue weighted by molar-refractivity contribution is 0.0544. The fourth-order valence-corrected chi connectivity index (χ4v) is 3.99. The van der Waals surface area contributed by atoms with Gasteiger partial charge in [-0.2, -0.15) is 4.98 Å². The average molecular weight is 362 g/mol. The number of nitrogens with one attached hydrogen (secondary N) is 1. The van der Waals surface area contributed by atoms with Crippen LogP contribution in [0.3, 0.4) is 0 Å². The van der Waals surface area contributed by atoms with Crippen LogP contribution in [0.4, 0.5) is 0 Å². The van der Waals surface area contributed by atoms with E-state index in [1.54, 1.807) is 0 Å². The standard InChI is InChI=1S/C18H30N6O2/c1-22-6-2-3-14(12-22)13-23-7-9-24(10-8-23)18(25)17-20-16(21-26-17)11-19-15-4-5-15/h14-15,19H,2-13H2,1H3. The number of hydrogen-bond donors (Lipinski definition) is 1. The number of piperazine rings is 1. The van der Waals surface area contributed by atoms with E-state index in [1.807, 2.05) is 4.90 Å². The predicted molar refractivity (Wildman–Crippen MR) is 96.7 cm³/mol. The van der Waals surface area contributed by atoms with Crippen LogP contribution in [0.15, 0.2) is 4.52 Å². The zero-order valence-corrected chi connectivity index (χ0v) is 15.7. The number of likely N-dealkylation sites (tertiary alicyclic amines) is 1. The van der Waals surface area contributed by atoms with Gasteiger partial charge in [-0.1, -0.05) is 5.16 Å². The fraction of sp³-hybridized carbons (Fsp3) is 0.833. The van der Waals surface area contributed by atoms with Gasteiger partial charge >= 0.3 is 11.8 Å². The summed E-state index contributed by atoms with van der Waals surface area (Å²) in [5.74, 6) is 1.32. The molecule has 0 spiro atoms. The second kappa shape index (κ2) is 8.02. The van der Waals surface area contributed by atoms with Crippen molar-refractivity contribution in [1.82, 2.24) is 30.2 Å². The van der Waals surface area contributed by atoms with Crippen molar-refractivity contribution in [3.8, 4) is 0 Å². The van der Waals surface area contributed by atoms with Gasteiger partial charge in [0, 0.05) is 45.3 Å². The first kappa shape index (κ1) is 17.9. The molecule has 8 nitrogen and oxygen atoms in total. The number of nitrogens with zero attached hydrogens (tertiary/aromatic N) is 5. The highest BCUT2D eigenvalue weighted by Gasteiger charge is 2.28. The minimum absolute atomic E-state index is 0.125. The van der Waals surface area contributed by atoms with E-state index in [-0.39, 0.29) is 11.8 Å². The maximum atomic E-state index is 12.6. The Hall–Kier alpha value is -1.51. The zero-order chi connectivity index (χ0) is 17.9. The molecule has 1 N–H and O–H groups in total. The first-order valence-corrected chi connectivity index (χ1v) is 9.93. The molecule has 8 heteroatoms. The number of hydrogen-bond acceptors (Lipinski definition) is 7. The van der Waals surface area contributed by atoms with Crippen LogP contribution in [0.2, 0.25) is 0 Å². The van der Waals surface area contributed by atoms with Gasteiger partial charge < -0.3 is 19.6 Å². The lowest BCUT2D eigenvalue weighted by Gasteiger charge is -2.38. The maximum Gasteiger partial charge on any atom is 0.316 e. The molecule has 1 unspecified atom stereocenters. The summed E-state index contributed by atoms with van der Waals surface area (Å²) in [5, 5.41) is 7.25. The molecule has 2 saturated heterocycles. The molecule has 3 fully saturated rings. The molecule has 2 aliphatic heterocycles. The molecule has 4 rings (SSSR count). The van der Waals surface area contributed by atoms with E-state index in [2.05, 4.69) is 32.3 Å². The molecule has 0 radical (unpaired) electrons. The number of piperidine rings is 1. The Morgan fingerprint density at radius 1 is 1.19 bits per heavy atom. The van der Waals surface area contributed by atoms with Gasteiger partial charge in [-0.25, -0.2) is 0 Å². The quantitative estimate of drug-likeness (QED) is 0.786. The summed E-state index contributed by atoms with van der Waals surface area (Å²) in [6.07, 6.45) is 5.05. The van der Waals surface area contributed by atoms with Gasteiger partial charge in [0.1, 0.15) is 0 Å². The molecule has 1 aromatic rings. The number of amides is 1. The molecule has 1 atom stereocenters. The van der Waals surface area contributed by atoms with E-state index in [9.17, 15) is 4.79 Å². The van der Waals surface area contributed by atoms with Crippen molar-refractivity contribution in [3.05, 3.63) is 11.7 Å². The lowest BCUT2D eigenvalue weighted by atomic mass is 9.97. The second-order valence-corrected chi connectivity index (χ2v) is 8.03. The van der Waals surface area contributed by atoms with Crippen molar-refractivity contribution < 1.29 is 9.32 Å². The second-order valence-electron chi connectivity index (χ2n) is 8.03. The highest BCUT2D eigenvalue weighted by Crippen LogP contribution is 2.19. The van der Waals surface area contributed by atoms with E-state index in [0.717, 1.165) is 38.6 Å². The van der Waals surface area contributed by atoms with Crippen LogP contribution in [-0.2, 0) is 6.54 Å². The average Bonchev–Trinajstić information content (AvgIpc) is 3.36. The Balaban J connectivity index is 1.22. The monoisotopic (exact) mass is 362 g/mol. The number of rotatable bonds is 6. The molecule has 1 aliphatic carbocycles.